The van der Waals surface area contributed by atoms with Gasteiger partial charge in [0.1, 0.15) is 0 Å². The van der Waals surface area contributed by atoms with Crippen molar-refractivity contribution in [2.45, 2.75) is 0 Å². The molecule has 1 N–H and O–H groups in total. The summed E-state index contributed by atoms with van der Waals surface area (Å²) >= 11 is 0. The molecule has 0 bridgehead atoms. The zero-order valence-corrected chi connectivity index (χ0v) is 10.4. The van der Waals surface area contributed by atoms with Crippen LogP contribution in [0.25, 0.3) is 5.70 Å². The van der Waals surface area contributed by atoms with Crippen molar-refractivity contribution in [2.24, 2.45) is 0 Å². The normalized spacial score (nSPS) is 9.40. The fourth-order valence-electron chi connectivity index (χ4n) is 1.57. The third-order valence-electron chi connectivity index (χ3n) is 2.52. The maximum absolute atomic E-state index is 11.8. The molecule has 2 rings (SSSR count). The Hall–Kier alpha value is -3.04. The fourth-order valence-corrected chi connectivity index (χ4v) is 1.57. The predicted molar refractivity (Wildman–Crippen MR) is 73.1 cm³/mol. The van der Waals surface area contributed by atoms with Crippen molar-refractivity contribution >= 4 is 17.5 Å². The first kappa shape index (κ1) is 13.4. The van der Waals surface area contributed by atoms with Crippen LogP contribution in [-0.2, 0) is 4.84 Å². The number of carbonyl (C=O) groups is 1. The molecule has 5 nitrogen and oxygen atoms in total. The summed E-state index contributed by atoms with van der Waals surface area (Å²) in [6, 6.07) is 16.6. The summed E-state index contributed by atoms with van der Waals surface area (Å²) in [4.78, 5) is 28.2. The van der Waals surface area contributed by atoms with Gasteiger partial charge in [-0.05, 0) is 24.3 Å². The number of nitrogens with zero attached hydrogens (tertiary/aromatic N) is 1. The van der Waals surface area contributed by atoms with Gasteiger partial charge in [-0.1, -0.05) is 36.4 Å². The summed E-state index contributed by atoms with van der Waals surface area (Å²) in [5.74, 6) is 1.19. The molecule has 0 spiro atoms. The fraction of sp³-hybridized carbons (Fsp3) is 0. The third kappa shape index (κ3) is 3.04. The van der Waals surface area contributed by atoms with Gasteiger partial charge in [0.25, 0.3) is 4.92 Å². The number of hydrogen-bond donors (Lipinski definition) is 1. The summed E-state index contributed by atoms with van der Waals surface area (Å²) in [6.45, 7) is 0. The Morgan fingerprint density at radius 2 is 1.45 bits per heavy atom. The summed E-state index contributed by atoms with van der Waals surface area (Å²) in [7, 11) is 0. The van der Waals surface area contributed by atoms with Crippen molar-refractivity contribution in [3.05, 3.63) is 76.7 Å². The Morgan fingerprint density at radius 1 is 0.950 bits per heavy atom. The van der Waals surface area contributed by atoms with E-state index in [-0.39, 0.29) is 16.2 Å². The molecule has 20 heavy (non-hydrogen) atoms. The molecular weight excluding hydrogens is 256 g/mol. The van der Waals surface area contributed by atoms with Gasteiger partial charge < -0.3 is 0 Å². The second-order valence-electron chi connectivity index (χ2n) is 3.84. The molecule has 0 saturated heterocycles. The van der Waals surface area contributed by atoms with E-state index in [9.17, 15) is 9.70 Å². The van der Waals surface area contributed by atoms with Crippen LogP contribution in [0.2, 0.25) is 0 Å². The lowest BCUT2D eigenvalue weighted by molar-refractivity contribution is -0.706. The lowest BCUT2D eigenvalue weighted by Gasteiger charge is -1.96. The number of rotatable bonds is 4. The minimum absolute atomic E-state index is 0.00231. The van der Waals surface area contributed by atoms with Gasteiger partial charge in [-0.15, -0.1) is 4.84 Å². The highest BCUT2D eigenvalue weighted by Crippen LogP contribution is 2.13. The van der Waals surface area contributed by atoms with E-state index in [4.69, 9.17) is 5.41 Å². The van der Waals surface area contributed by atoms with E-state index in [2.05, 4.69) is 4.84 Å². The molecule has 0 aliphatic heterocycles. The minimum Gasteiger partial charge on any atom is -0.253 e. The van der Waals surface area contributed by atoms with Gasteiger partial charge in [0.15, 0.2) is 0 Å². The maximum Gasteiger partial charge on any atom is 0.416 e. The molecule has 0 amide bonds. The molecule has 0 radical (unpaired) electrons. The molecule has 0 unspecified atom stereocenters. The van der Waals surface area contributed by atoms with E-state index >= 15 is 0 Å². The number of hydrogen-bond acceptors (Lipinski definition) is 4. The lowest BCUT2D eigenvalue weighted by atomic mass is 10.2. The molecule has 0 aromatic heterocycles. The second kappa shape index (κ2) is 6.22. The SMILES string of the molecule is N=C=C(c1ccccc1)[N+](=O)OC(=O)c1ccccc1. The van der Waals surface area contributed by atoms with E-state index in [1.807, 2.05) is 5.87 Å². The van der Waals surface area contributed by atoms with E-state index < -0.39 is 5.97 Å². The molecular formula is C15H11N2O3+. The Morgan fingerprint density at radius 3 is 1.95 bits per heavy atom. The monoisotopic (exact) mass is 267 g/mol. The van der Waals surface area contributed by atoms with Crippen LogP contribution in [0.3, 0.4) is 0 Å². The maximum atomic E-state index is 11.8. The van der Waals surface area contributed by atoms with E-state index in [0.29, 0.717) is 5.56 Å². The standard InChI is InChI=1S/C15H11N2O3/c16-11-14(12-7-3-1-4-8-12)17(19)20-15(18)13-9-5-2-6-10-13/h1-10,16H/q+1. The van der Waals surface area contributed by atoms with Gasteiger partial charge in [0.2, 0.25) is 0 Å². The summed E-state index contributed by atoms with van der Waals surface area (Å²) < 4.78 is 0. The molecule has 2 aromatic carbocycles. The van der Waals surface area contributed by atoms with Crippen LogP contribution in [0.5, 0.6) is 0 Å². The third-order valence-corrected chi connectivity index (χ3v) is 2.52. The first-order chi connectivity index (χ1) is 9.72. The summed E-state index contributed by atoms with van der Waals surface area (Å²) in [5, 5.41) is 7.16. The van der Waals surface area contributed by atoms with Crippen molar-refractivity contribution in [3.8, 4) is 0 Å². The van der Waals surface area contributed by atoms with Crippen molar-refractivity contribution in [2.75, 3.05) is 0 Å². The second-order valence-corrected chi connectivity index (χ2v) is 3.84. The van der Waals surface area contributed by atoms with Crippen LogP contribution in [0.15, 0.2) is 60.7 Å². The van der Waals surface area contributed by atoms with Gasteiger partial charge in [-0.2, -0.15) is 0 Å². The molecule has 2 aromatic rings. The Balaban J connectivity index is 2.16. The van der Waals surface area contributed by atoms with Gasteiger partial charge >= 0.3 is 11.7 Å². The Bertz CT molecular complexity index is 675. The highest BCUT2D eigenvalue weighted by Gasteiger charge is 2.27. The molecule has 0 heterocycles. The van der Waals surface area contributed by atoms with Crippen molar-refractivity contribution in [3.63, 3.8) is 0 Å². The zero-order valence-electron chi connectivity index (χ0n) is 10.4. The first-order valence-corrected chi connectivity index (χ1v) is 5.82. The van der Waals surface area contributed by atoms with Crippen LogP contribution >= 0.6 is 0 Å². The average Bonchev–Trinajstić information content (AvgIpc) is 2.50. The summed E-state index contributed by atoms with van der Waals surface area (Å²) in [6.07, 6.45) is 0. The quantitative estimate of drug-likeness (QED) is 0.684. The topological polar surface area (TPSA) is 70.2 Å². The summed E-state index contributed by atoms with van der Waals surface area (Å²) in [5.41, 5.74) is 0.527. The van der Waals surface area contributed by atoms with Crippen molar-refractivity contribution in [1.82, 2.24) is 0 Å². The highest BCUT2D eigenvalue weighted by atomic mass is 16.8. The Labute approximate surface area is 115 Å². The smallest absolute Gasteiger partial charge is 0.253 e. The van der Waals surface area contributed by atoms with Crippen LogP contribution in [-0.4, -0.2) is 16.8 Å². The molecule has 0 saturated carbocycles. The molecule has 0 aliphatic carbocycles. The molecule has 0 fully saturated rings. The number of nitrogens with one attached hydrogen (secondary N) is 1. The van der Waals surface area contributed by atoms with Gasteiger partial charge in [0, 0.05) is 0 Å². The van der Waals surface area contributed by atoms with E-state index in [1.54, 1.807) is 48.5 Å². The van der Waals surface area contributed by atoms with Gasteiger partial charge in [-0.25, -0.2) is 4.79 Å². The van der Waals surface area contributed by atoms with Crippen molar-refractivity contribution < 1.29 is 14.6 Å². The van der Waals surface area contributed by atoms with Gasteiger partial charge in [-0.3, -0.25) is 5.41 Å². The predicted octanol–water partition coefficient (Wildman–Crippen LogP) is 2.83. The van der Waals surface area contributed by atoms with E-state index in [0.717, 1.165) is 0 Å². The van der Waals surface area contributed by atoms with E-state index in [1.165, 1.54) is 12.1 Å². The minimum atomic E-state index is -0.788. The molecule has 0 aliphatic rings. The molecule has 0 atom stereocenters. The highest BCUT2D eigenvalue weighted by molar-refractivity contribution is 5.89. The van der Waals surface area contributed by atoms with Gasteiger partial charge in [0.05, 0.1) is 21.9 Å². The number of benzene rings is 2. The van der Waals surface area contributed by atoms with Crippen LogP contribution in [0, 0.1) is 10.3 Å². The van der Waals surface area contributed by atoms with Crippen LogP contribution in [0.1, 0.15) is 15.9 Å². The first-order valence-electron chi connectivity index (χ1n) is 5.82. The van der Waals surface area contributed by atoms with Crippen LogP contribution < -0.4 is 0 Å². The Kier molecular flexibility index (Phi) is 4.17. The average molecular weight is 267 g/mol. The largest absolute Gasteiger partial charge is 0.416 e. The molecule has 5 heteroatoms. The lowest BCUT2D eigenvalue weighted by Crippen LogP contribution is -2.15. The molecule has 98 valence electrons. The number of carbonyl (C=O) groups excluding carboxylic acids is 1. The van der Waals surface area contributed by atoms with Crippen LogP contribution in [0.4, 0.5) is 0 Å². The van der Waals surface area contributed by atoms with Crippen molar-refractivity contribution in [1.29, 1.82) is 5.41 Å². The zero-order chi connectivity index (χ0) is 14.4.